The van der Waals surface area contributed by atoms with Crippen LogP contribution in [-0.2, 0) is 9.53 Å². The number of carbonyl (C=O) groups is 1. The second-order valence-corrected chi connectivity index (χ2v) is 3.35. The molecule has 0 aliphatic heterocycles. The Morgan fingerprint density at radius 2 is 2.25 bits per heavy atom. The minimum Gasteiger partial charge on any atom is -0.481 e. The molecule has 0 heterocycles. The number of aliphatic carboxylic acids is 1. The summed E-state index contributed by atoms with van der Waals surface area (Å²) >= 11 is 0. The number of hydrogen-bond donors (Lipinski definition) is 1. The van der Waals surface area contributed by atoms with Crippen LogP contribution in [0.1, 0.15) is 32.6 Å². The fourth-order valence-corrected chi connectivity index (χ4v) is 1.30. The third kappa shape index (κ3) is 2.48. The molecule has 0 spiro atoms. The molecule has 1 aliphatic rings. The fraction of sp³-hybridized carbons (Fsp3) is 0.889. The molecule has 0 aromatic rings. The van der Waals surface area contributed by atoms with Crippen molar-refractivity contribution in [3.63, 3.8) is 0 Å². The largest absolute Gasteiger partial charge is 0.481 e. The highest BCUT2D eigenvalue weighted by Gasteiger charge is 2.34. The van der Waals surface area contributed by atoms with Crippen molar-refractivity contribution in [2.75, 3.05) is 6.61 Å². The average molecular weight is 172 g/mol. The lowest BCUT2D eigenvalue weighted by atomic mass is 9.82. The molecular formula is C9H16O3. The van der Waals surface area contributed by atoms with Gasteiger partial charge in [0, 0.05) is 6.61 Å². The molecule has 0 amide bonds. The molecule has 0 unspecified atom stereocenters. The predicted octanol–water partition coefficient (Wildman–Crippen LogP) is 1.67. The van der Waals surface area contributed by atoms with E-state index in [-0.39, 0.29) is 12.0 Å². The Bertz CT molecular complexity index is 150. The van der Waals surface area contributed by atoms with Gasteiger partial charge in [0.2, 0.25) is 0 Å². The third-order valence-corrected chi connectivity index (χ3v) is 2.30. The maximum atomic E-state index is 10.4. The van der Waals surface area contributed by atoms with Crippen molar-refractivity contribution in [2.24, 2.45) is 5.92 Å². The van der Waals surface area contributed by atoms with E-state index in [1.165, 1.54) is 0 Å². The second kappa shape index (κ2) is 4.45. The van der Waals surface area contributed by atoms with Crippen LogP contribution in [0.5, 0.6) is 0 Å². The zero-order valence-electron chi connectivity index (χ0n) is 7.45. The summed E-state index contributed by atoms with van der Waals surface area (Å²) in [5.74, 6) is -0.818. The van der Waals surface area contributed by atoms with E-state index in [2.05, 4.69) is 6.92 Å². The lowest BCUT2D eigenvalue weighted by molar-refractivity contribution is -0.151. The van der Waals surface area contributed by atoms with Crippen LogP contribution in [0.3, 0.4) is 0 Å². The van der Waals surface area contributed by atoms with Crippen LogP contribution in [0.2, 0.25) is 0 Å². The quantitative estimate of drug-likeness (QED) is 0.641. The van der Waals surface area contributed by atoms with Gasteiger partial charge in [-0.3, -0.25) is 4.79 Å². The van der Waals surface area contributed by atoms with Crippen molar-refractivity contribution in [3.05, 3.63) is 0 Å². The van der Waals surface area contributed by atoms with Gasteiger partial charge in [-0.2, -0.15) is 0 Å². The molecule has 0 saturated heterocycles. The Kier molecular flexibility index (Phi) is 3.53. The highest BCUT2D eigenvalue weighted by Crippen LogP contribution is 2.30. The smallest absolute Gasteiger partial charge is 0.306 e. The van der Waals surface area contributed by atoms with Crippen molar-refractivity contribution in [1.82, 2.24) is 0 Å². The molecule has 1 rings (SSSR count). The predicted molar refractivity (Wildman–Crippen MR) is 45.0 cm³/mol. The van der Waals surface area contributed by atoms with Gasteiger partial charge in [-0.05, 0) is 19.3 Å². The molecule has 0 radical (unpaired) electrons. The van der Waals surface area contributed by atoms with Crippen LogP contribution in [0.25, 0.3) is 0 Å². The monoisotopic (exact) mass is 172 g/mol. The molecule has 1 aliphatic carbocycles. The molecule has 0 atom stereocenters. The van der Waals surface area contributed by atoms with Gasteiger partial charge in [0.25, 0.3) is 0 Å². The minimum atomic E-state index is -0.676. The summed E-state index contributed by atoms with van der Waals surface area (Å²) in [7, 11) is 0. The van der Waals surface area contributed by atoms with E-state index in [0.29, 0.717) is 12.8 Å². The Morgan fingerprint density at radius 3 is 2.75 bits per heavy atom. The number of unbranched alkanes of at least 4 members (excludes halogenated alkanes) is 1. The molecule has 70 valence electrons. The highest BCUT2D eigenvalue weighted by molar-refractivity contribution is 5.71. The first kappa shape index (κ1) is 9.52. The van der Waals surface area contributed by atoms with Crippen molar-refractivity contribution in [1.29, 1.82) is 0 Å². The molecule has 12 heavy (non-hydrogen) atoms. The van der Waals surface area contributed by atoms with E-state index in [4.69, 9.17) is 9.84 Å². The van der Waals surface area contributed by atoms with E-state index in [1.54, 1.807) is 0 Å². The minimum absolute atomic E-state index is 0.142. The van der Waals surface area contributed by atoms with Crippen molar-refractivity contribution < 1.29 is 14.6 Å². The van der Waals surface area contributed by atoms with Gasteiger partial charge in [-0.1, -0.05) is 13.3 Å². The number of carboxylic acid groups (broad SMARTS) is 1. The summed E-state index contributed by atoms with van der Waals surface area (Å²) in [4.78, 5) is 10.4. The average Bonchev–Trinajstić information content (AvgIpc) is 1.93. The molecule has 1 saturated carbocycles. The number of hydrogen-bond acceptors (Lipinski definition) is 2. The molecular weight excluding hydrogens is 156 g/mol. The van der Waals surface area contributed by atoms with Gasteiger partial charge >= 0.3 is 5.97 Å². The van der Waals surface area contributed by atoms with Gasteiger partial charge in [-0.15, -0.1) is 0 Å². The lowest BCUT2D eigenvalue weighted by Crippen LogP contribution is -2.36. The summed E-state index contributed by atoms with van der Waals surface area (Å²) in [6.45, 7) is 2.90. The van der Waals surface area contributed by atoms with Crippen molar-refractivity contribution >= 4 is 5.97 Å². The molecule has 0 aromatic heterocycles. The number of rotatable bonds is 5. The second-order valence-electron chi connectivity index (χ2n) is 3.35. The Hall–Kier alpha value is -0.570. The molecule has 0 aromatic carbocycles. The molecule has 3 nitrogen and oxygen atoms in total. The van der Waals surface area contributed by atoms with E-state index >= 15 is 0 Å². The van der Waals surface area contributed by atoms with E-state index in [9.17, 15) is 4.79 Å². The highest BCUT2D eigenvalue weighted by atomic mass is 16.5. The summed E-state index contributed by atoms with van der Waals surface area (Å²) < 4.78 is 5.44. The summed E-state index contributed by atoms with van der Waals surface area (Å²) in [6.07, 6.45) is 3.85. The molecule has 0 bridgehead atoms. The molecule has 1 N–H and O–H groups in total. The van der Waals surface area contributed by atoms with E-state index < -0.39 is 5.97 Å². The van der Waals surface area contributed by atoms with Gasteiger partial charge in [0.1, 0.15) is 0 Å². The molecule has 1 fully saturated rings. The summed E-state index contributed by atoms with van der Waals surface area (Å²) in [5, 5.41) is 8.57. The summed E-state index contributed by atoms with van der Waals surface area (Å²) in [6, 6.07) is 0. The van der Waals surface area contributed by atoms with E-state index in [1.807, 2.05) is 0 Å². The van der Waals surface area contributed by atoms with Crippen LogP contribution in [0.15, 0.2) is 0 Å². The van der Waals surface area contributed by atoms with E-state index in [0.717, 1.165) is 19.4 Å². The van der Waals surface area contributed by atoms with Crippen LogP contribution < -0.4 is 0 Å². The van der Waals surface area contributed by atoms with Crippen molar-refractivity contribution in [3.8, 4) is 0 Å². The summed E-state index contributed by atoms with van der Waals surface area (Å²) in [5.41, 5.74) is 0. The maximum Gasteiger partial charge on any atom is 0.306 e. The normalized spacial score (nSPS) is 28.1. The first-order valence-electron chi connectivity index (χ1n) is 4.58. The third-order valence-electron chi connectivity index (χ3n) is 2.30. The van der Waals surface area contributed by atoms with Crippen LogP contribution in [-0.4, -0.2) is 23.8 Å². The standard InChI is InChI=1S/C9H16O3/c1-2-3-4-12-8-5-7(6-8)9(10)11/h7-8H,2-6H2,1H3,(H,10,11). The first-order chi connectivity index (χ1) is 5.74. The maximum absolute atomic E-state index is 10.4. The zero-order chi connectivity index (χ0) is 8.97. The Morgan fingerprint density at radius 1 is 1.58 bits per heavy atom. The molecule has 3 heteroatoms. The van der Waals surface area contributed by atoms with Crippen LogP contribution >= 0.6 is 0 Å². The van der Waals surface area contributed by atoms with Gasteiger partial charge in [0.15, 0.2) is 0 Å². The van der Waals surface area contributed by atoms with Crippen LogP contribution in [0, 0.1) is 5.92 Å². The Balaban J connectivity index is 1.98. The topological polar surface area (TPSA) is 46.5 Å². The fourth-order valence-electron chi connectivity index (χ4n) is 1.30. The number of ether oxygens (including phenoxy) is 1. The SMILES string of the molecule is CCCCOC1CC(C(=O)O)C1. The zero-order valence-corrected chi connectivity index (χ0v) is 7.45. The Labute approximate surface area is 72.7 Å². The van der Waals surface area contributed by atoms with Crippen LogP contribution in [0.4, 0.5) is 0 Å². The first-order valence-corrected chi connectivity index (χ1v) is 4.58. The van der Waals surface area contributed by atoms with Gasteiger partial charge in [0.05, 0.1) is 12.0 Å². The van der Waals surface area contributed by atoms with Gasteiger partial charge in [-0.25, -0.2) is 0 Å². The number of carboxylic acids is 1. The van der Waals surface area contributed by atoms with Gasteiger partial charge < -0.3 is 9.84 Å². The lowest BCUT2D eigenvalue weighted by Gasteiger charge is -2.31. The van der Waals surface area contributed by atoms with Crippen molar-refractivity contribution in [2.45, 2.75) is 38.7 Å².